The number of carbonyl (C=O) groups excluding carboxylic acids is 1. The number of nitrogens with zero attached hydrogens (tertiary/aromatic N) is 4. The number of benzene rings is 1. The van der Waals surface area contributed by atoms with Gasteiger partial charge in [0.05, 0.1) is 12.0 Å². The fraction of sp³-hybridized carbons (Fsp3) is 0.278. The van der Waals surface area contributed by atoms with Crippen molar-refractivity contribution in [3.05, 3.63) is 59.2 Å². The van der Waals surface area contributed by atoms with E-state index in [1.807, 2.05) is 47.8 Å². The molecule has 1 aliphatic heterocycles. The van der Waals surface area contributed by atoms with Crippen LogP contribution in [0.1, 0.15) is 29.4 Å². The Hall–Kier alpha value is -2.41. The first-order valence-corrected chi connectivity index (χ1v) is 9.08. The van der Waals surface area contributed by atoms with Gasteiger partial charge in [0, 0.05) is 41.6 Å². The van der Waals surface area contributed by atoms with Crippen molar-refractivity contribution < 1.29 is 4.79 Å². The second-order valence-electron chi connectivity index (χ2n) is 6.21. The van der Waals surface area contributed by atoms with E-state index in [1.54, 1.807) is 6.20 Å². The van der Waals surface area contributed by atoms with E-state index in [2.05, 4.69) is 35.7 Å². The summed E-state index contributed by atoms with van der Waals surface area (Å²) in [7, 11) is 0. The lowest BCUT2D eigenvalue weighted by Crippen LogP contribution is -2.39. The molecule has 1 aromatic carbocycles. The third-order valence-electron chi connectivity index (χ3n) is 4.65. The molecule has 3 heterocycles. The highest BCUT2D eigenvalue weighted by Gasteiger charge is 2.25. The Kier molecular flexibility index (Phi) is 4.40. The van der Waals surface area contributed by atoms with Crippen LogP contribution in [0.4, 0.5) is 0 Å². The van der Waals surface area contributed by atoms with E-state index >= 15 is 0 Å². The molecule has 0 radical (unpaired) electrons. The van der Waals surface area contributed by atoms with Crippen molar-refractivity contribution >= 4 is 21.8 Å². The summed E-state index contributed by atoms with van der Waals surface area (Å²) in [6, 6.07) is 10.1. The van der Waals surface area contributed by atoms with Crippen molar-refractivity contribution in [2.24, 2.45) is 0 Å². The van der Waals surface area contributed by atoms with E-state index in [-0.39, 0.29) is 5.91 Å². The van der Waals surface area contributed by atoms with Crippen molar-refractivity contribution in [2.75, 3.05) is 13.1 Å². The third-order valence-corrected chi connectivity index (χ3v) is 5.18. The molecule has 1 N–H and O–H groups in total. The number of halogens is 1. The number of piperidine rings is 1. The monoisotopic (exact) mass is 399 g/mol. The molecule has 7 heteroatoms. The molecule has 0 aliphatic carbocycles. The van der Waals surface area contributed by atoms with Gasteiger partial charge in [-0.3, -0.25) is 9.89 Å². The van der Waals surface area contributed by atoms with Gasteiger partial charge in [-0.15, -0.1) is 0 Å². The molecule has 1 fully saturated rings. The van der Waals surface area contributed by atoms with Gasteiger partial charge in [-0.05, 0) is 31.0 Å². The zero-order chi connectivity index (χ0) is 17.2. The fourth-order valence-corrected chi connectivity index (χ4v) is 3.49. The minimum absolute atomic E-state index is 0.0138. The summed E-state index contributed by atoms with van der Waals surface area (Å²) >= 11 is 3.42. The quantitative estimate of drug-likeness (QED) is 0.732. The molecular formula is C18H18BrN5O. The molecule has 2 aromatic heterocycles. The van der Waals surface area contributed by atoms with E-state index in [9.17, 15) is 4.79 Å². The lowest BCUT2D eigenvalue weighted by atomic mass is 10.0. The molecule has 6 nitrogen and oxygen atoms in total. The Labute approximate surface area is 154 Å². The summed E-state index contributed by atoms with van der Waals surface area (Å²) in [6.45, 7) is 1.49. The minimum atomic E-state index is 0.0138. The molecule has 0 saturated carbocycles. The standard InChI is InChI=1S/C18H18BrN5O/c19-14-3-1-13(2-4-14)16-11-17(22-21-16)18(25)23-8-5-15(6-9-23)24-10-7-20-12-24/h1-4,7,10-12,15H,5-6,8-9H2,(H,21,22). The van der Waals surface area contributed by atoms with Crippen LogP contribution in [0.15, 0.2) is 53.5 Å². The Morgan fingerprint density at radius 2 is 1.96 bits per heavy atom. The number of H-pyrrole nitrogens is 1. The summed E-state index contributed by atoms with van der Waals surface area (Å²) in [5.74, 6) is 0.0138. The topological polar surface area (TPSA) is 66.8 Å². The average molecular weight is 400 g/mol. The predicted molar refractivity (Wildman–Crippen MR) is 98.1 cm³/mol. The first-order valence-electron chi connectivity index (χ1n) is 8.29. The van der Waals surface area contributed by atoms with Gasteiger partial charge in [0.1, 0.15) is 5.69 Å². The molecule has 25 heavy (non-hydrogen) atoms. The van der Waals surface area contributed by atoms with Gasteiger partial charge >= 0.3 is 0 Å². The van der Waals surface area contributed by atoms with Gasteiger partial charge in [-0.2, -0.15) is 5.10 Å². The summed E-state index contributed by atoms with van der Waals surface area (Å²) in [6.07, 6.45) is 7.51. The van der Waals surface area contributed by atoms with E-state index in [1.165, 1.54) is 0 Å². The van der Waals surface area contributed by atoms with Gasteiger partial charge in [0.15, 0.2) is 0 Å². The molecule has 0 spiro atoms. The highest BCUT2D eigenvalue weighted by atomic mass is 79.9. The minimum Gasteiger partial charge on any atom is -0.337 e. The number of hydrogen-bond acceptors (Lipinski definition) is 3. The lowest BCUT2D eigenvalue weighted by molar-refractivity contribution is 0.0688. The zero-order valence-corrected chi connectivity index (χ0v) is 15.2. The Balaban J connectivity index is 1.43. The number of imidazole rings is 1. The average Bonchev–Trinajstić information content (AvgIpc) is 3.34. The van der Waals surface area contributed by atoms with Gasteiger partial charge in [0.25, 0.3) is 5.91 Å². The summed E-state index contributed by atoms with van der Waals surface area (Å²) in [5, 5.41) is 7.17. The molecule has 1 saturated heterocycles. The van der Waals surface area contributed by atoms with Crippen molar-refractivity contribution in [1.29, 1.82) is 0 Å². The molecule has 3 aromatic rings. The largest absolute Gasteiger partial charge is 0.337 e. The molecule has 0 bridgehead atoms. The molecule has 4 rings (SSSR count). The van der Waals surface area contributed by atoms with Gasteiger partial charge in [-0.25, -0.2) is 4.98 Å². The zero-order valence-electron chi connectivity index (χ0n) is 13.6. The maximum atomic E-state index is 12.7. The number of likely N-dealkylation sites (tertiary alicyclic amines) is 1. The maximum absolute atomic E-state index is 12.7. The van der Waals surface area contributed by atoms with E-state index in [0.717, 1.165) is 41.7 Å². The van der Waals surface area contributed by atoms with Gasteiger partial charge in [-0.1, -0.05) is 28.1 Å². The second-order valence-corrected chi connectivity index (χ2v) is 7.12. The molecule has 1 aliphatic rings. The first-order chi connectivity index (χ1) is 12.2. The van der Waals surface area contributed by atoms with Gasteiger partial charge in [0.2, 0.25) is 0 Å². The highest BCUT2D eigenvalue weighted by Crippen LogP contribution is 2.24. The highest BCUT2D eigenvalue weighted by molar-refractivity contribution is 9.10. The molecule has 1 amide bonds. The van der Waals surface area contributed by atoms with E-state index in [4.69, 9.17) is 0 Å². The smallest absolute Gasteiger partial charge is 0.271 e. The van der Waals surface area contributed by atoms with Crippen LogP contribution >= 0.6 is 15.9 Å². The Morgan fingerprint density at radius 3 is 2.64 bits per heavy atom. The Bertz CT molecular complexity index is 848. The van der Waals surface area contributed by atoms with Crippen molar-refractivity contribution in [3.8, 4) is 11.3 Å². The number of amides is 1. The SMILES string of the molecule is O=C(c1cc(-c2ccc(Br)cc2)n[nH]1)N1CCC(n2ccnc2)CC1. The van der Waals surface area contributed by atoms with Crippen molar-refractivity contribution in [1.82, 2.24) is 24.6 Å². The lowest BCUT2D eigenvalue weighted by Gasteiger charge is -2.32. The van der Waals surface area contributed by atoms with Crippen LogP contribution in [0.3, 0.4) is 0 Å². The molecule has 0 atom stereocenters. The number of carbonyl (C=O) groups is 1. The molecule has 128 valence electrons. The number of aromatic nitrogens is 4. The van der Waals surface area contributed by atoms with Crippen LogP contribution in [0, 0.1) is 0 Å². The molecule has 0 unspecified atom stereocenters. The third kappa shape index (κ3) is 3.37. The van der Waals surface area contributed by atoms with Crippen LogP contribution in [0.2, 0.25) is 0 Å². The van der Waals surface area contributed by atoms with E-state index in [0.29, 0.717) is 11.7 Å². The van der Waals surface area contributed by atoms with Crippen molar-refractivity contribution in [2.45, 2.75) is 18.9 Å². The first kappa shape index (κ1) is 16.1. The van der Waals surface area contributed by atoms with Crippen LogP contribution in [0.5, 0.6) is 0 Å². The van der Waals surface area contributed by atoms with Crippen LogP contribution < -0.4 is 0 Å². The number of rotatable bonds is 3. The summed E-state index contributed by atoms with van der Waals surface area (Å²) in [4.78, 5) is 18.7. The normalized spacial score (nSPS) is 15.5. The number of hydrogen-bond donors (Lipinski definition) is 1. The summed E-state index contributed by atoms with van der Waals surface area (Å²) in [5.41, 5.74) is 2.31. The second kappa shape index (κ2) is 6.84. The Morgan fingerprint density at radius 1 is 1.20 bits per heavy atom. The number of nitrogens with one attached hydrogen (secondary N) is 1. The van der Waals surface area contributed by atoms with Crippen LogP contribution in [-0.2, 0) is 0 Å². The van der Waals surface area contributed by atoms with Gasteiger partial charge < -0.3 is 9.47 Å². The van der Waals surface area contributed by atoms with E-state index < -0.39 is 0 Å². The predicted octanol–water partition coefficient (Wildman–Crippen LogP) is 3.51. The van der Waals surface area contributed by atoms with Crippen LogP contribution in [-0.4, -0.2) is 43.6 Å². The number of aromatic amines is 1. The fourth-order valence-electron chi connectivity index (χ4n) is 3.22. The van der Waals surface area contributed by atoms with Crippen molar-refractivity contribution in [3.63, 3.8) is 0 Å². The maximum Gasteiger partial charge on any atom is 0.271 e. The summed E-state index contributed by atoms with van der Waals surface area (Å²) < 4.78 is 3.15. The molecular weight excluding hydrogens is 382 g/mol. The van der Waals surface area contributed by atoms with Crippen LogP contribution in [0.25, 0.3) is 11.3 Å².